The van der Waals surface area contributed by atoms with E-state index in [1.54, 1.807) is 7.11 Å². The van der Waals surface area contributed by atoms with Crippen molar-refractivity contribution < 1.29 is 4.74 Å². The number of hydrogen-bond acceptors (Lipinski definition) is 3. The molecule has 1 heterocycles. The van der Waals surface area contributed by atoms with Gasteiger partial charge in [-0.1, -0.05) is 32.1 Å². The van der Waals surface area contributed by atoms with E-state index in [-0.39, 0.29) is 0 Å². The molecule has 0 aromatic carbocycles. The first-order valence-corrected chi connectivity index (χ1v) is 6.85. The summed E-state index contributed by atoms with van der Waals surface area (Å²) < 4.78 is 7.90. The number of aromatic amines is 1. The molecule has 2 rings (SSSR count). The average molecular weight is 255 g/mol. The number of methoxy groups -OCH3 is 1. The summed E-state index contributed by atoms with van der Waals surface area (Å²) in [4.78, 5) is 0. The number of ether oxygens (including phenoxy) is 1. The van der Waals surface area contributed by atoms with E-state index in [0.717, 1.165) is 24.7 Å². The lowest BCUT2D eigenvalue weighted by molar-refractivity contribution is 0.185. The van der Waals surface area contributed by atoms with E-state index in [2.05, 4.69) is 14.8 Å². The molecule has 0 spiro atoms. The maximum absolute atomic E-state index is 5.24. The molecule has 1 aliphatic rings. The SMILES string of the molecule is COCCn1c(CC2CCCCC2)n[nH]c1=S. The first-order chi connectivity index (χ1) is 8.31. The third kappa shape index (κ3) is 3.39. The number of nitrogens with one attached hydrogen (secondary N) is 1. The van der Waals surface area contributed by atoms with Gasteiger partial charge in [0.1, 0.15) is 5.82 Å². The standard InChI is InChI=1S/C12H21N3OS/c1-16-8-7-15-11(13-14-12(15)17)9-10-5-3-2-4-6-10/h10H,2-9H2,1H3,(H,14,17). The Morgan fingerprint density at radius 3 is 2.88 bits per heavy atom. The summed E-state index contributed by atoms with van der Waals surface area (Å²) in [7, 11) is 1.71. The molecule has 1 fully saturated rings. The largest absolute Gasteiger partial charge is 0.383 e. The fourth-order valence-corrected chi connectivity index (χ4v) is 2.81. The molecule has 17 heavy (non-hydrogen) atoms. The fraction of sp³-hybridized carbons (Fsp3) is 0.833. The second-order valence-electron chi connectivity index (χ2n) is 4.80. The lowest BCUT2D eigenvalue weighted by atomic mass is 9.87. The highest BCUT2D eigenvalue weighted by Gasteiger charge is 2.17. The van der Waals surface area contributed by atoms with Crippen molar-refractivity contribution in [3.63, 3.8) is 0 Å². The maximum Gasteiger partial charge on any atom is 0.195 e. The van der Waals surface area contributed by atoms with E-state index in [1.807, 2.05) is 0 Å². The van der Waals surface area contributed by atoms with E-state index in [9.17, 15) is 0 Å². The van der Waals surface area contributed by atoms with Gasteiger partial charge in [-0.3, -0.25) is 5.10 Å². The topological polar surface area (TPSA) is 42.8 Å². The predicted octanol–water partition coefficient (Wildman–Crippen LogP) is 2.71. The van der Waals surface area contributed by atoms with Crippen LogP contribution in [-0.4, -0.2) is 28.5 Å². The Morgan fingerprint density at radius 1 is 1.41 bits per heavy atom. The van der Waals surface area contributed by atoms with Crippen molar-refractivity contribution >= 4 is 12.2 Å². The molecule has 96 valence electrons. The molecule has 0 radical (unpaired) electrons. The normalized spacial score (nSPS) is 17.5. The van der Waals surface area contributed by atoms with Crippen molar-refractivity contribution in [1.29, 1.82) is 0 Å². The molecule has 0 saturated heterocycles. The minimum absolute atomic E-state index is 0.686. The molecule has 0 unspecified atom stereocenters. The highest BCUT2D eigenvalue weighted by Crippen LogP contribution is 2.26. The Labute approximate surface area is 107 Å². The van der Waals surface area contributed by atoms with Crippen LogP contribution in [0.1, 0.15) is 37.9 Å². The fourth-order valence-electron chi connectivity index (χ4n) is 2.57. The van der Waals surface area contributed by atoms with Crippen molar-refractivity contribution in [2.24, 2.45) is 5.92 Å². The van der Waals surface area contributed by atoms with Crippen LogP contribution >= 0.6 is 12.2 Å². The zero-order chi connectivity index (χ0) is 12.1. The van der Waals surface area contributed by atoms with Crippen LogP contribution in [0.25, 0.3) is 0 Å². The van der Waals surface area contributed by atoms with Gasteiger partial charge in [0.2, 0.25) is 0 Å². The van der Waals surface area contributed by atoms with Crippen LogP contribution < -0.4 is 0 Å². The third-order valence-electron chi connectivity index (χ3n) is 3.55. The second kappa shape index (κ2) is 6.31. The van der Waals surface area contributed by atoms with Gasteiger partial charge in [-0.05, 0) is 18.1 Å². The van der Waals surface area contributed by atoms with Crippen molar-refractivity contribution in [1.82, 2.24) is 14.8 Å². The van der Waals surface area contributed by atoms with Crippen LogP contribution in [0.5, 0.6) is 0 Å². The Hall–Kier alpha value is -0.680. The minimum atomic E-state index is 0.686. The Kier molecular flexibility index (Phi) is 4.74. The highest BCUT2D eigenvalue weighted by molar-refractivity contribution is 7.71. The van der Waals surface area contributed by atoms with Crippen LogP contribution in [0.15, 0.2) is 0 Å². The lowest BCUT2D eigenvalue weighted by Gasteiger charge is -2.21. The number of rotatable bonds is 5. The maximum atomic E-state index is 5.24. The van der Waals surface area contributed by atoms with Crippen LogP contribution in [0.4, 0.5) is 0 Å². The van der Waals surface area contributed by atoms with Crippen LogP contribution in [0, 0.1) is 10.7 Å². The summed E-state index contributed by atoms with van der Waals surface area (Å²) >= 11 is 5.24. The summed E-state index contributed by atoms with van der Waals surface area (Å²) in [5, 5.41) is 7.25. The molecule has 0 bridgehead atoms. The average Bonchev–Trinajstić information content (AvgIpc) is 2.69. The number of hydrogen-bond donors (Lipinski definition) is 1. The van der Waals surface area contributed by atoms with Gasteiger partial charge in [-0.2, -0.15) is 5.10 Å². The molecule has 0 atom stereocenters. The first kappa shape index (κ1) is 12.8. The monoisotopic (exact) mass is 255 g/mol. The van der Waals surface area contributed by atoms with E-state index >= 15 is 0 Å². The van der Waals surface area contributed by atoms with E-state index in [4.69, 9.17) is 17.0 Å². The second-order valence-corrected chi connectivity index (χ2v) is 5.18. The Bertz CT molecular complexity index is 393. The first-order valence-electron chi connectivity index (χ1n) is 6.44. The van der Waals surface area contributed by atoms with Gasteiger partial charge in [-0.15, -0.1) is 0 Å². The molecule has 1 aromatic rings. The van der Waals surface area contributed by atoms with Gasteiger partial charge < -0.3 is 9.30 Å². The molecular formula is C12H21N3OS. The van der Waals surface area contributed by atoms with E-state index in [1.165, 1.54) is 32.1 Å². The van der Waals surface area contributed by atoms with Crippen molar-refractivity contribution in [2.45, 2.75) is 45.1 Å². The van der Waals surface area contributed by atoms with E-state index in [0.29, 0.717) is 11.4 Å². The molecule has 1 N–H and O–H groups in total. The van der Waals surface area contributed by atoms with Gasteiger partial charge in [0.25, 0.3) is 0 Å². The third-order valence-corrected chi connectivity index (χ3v) is 3.86. The molecule has 1 saturated carbocycles. The van der Waals surface area contributed by atoms with E-state index < -0.39 is 0 Å². The van der Waals surface area contributed by atoms with Gasteiger partial charge in [0, 0.05) is 20.1 Å². The van der Waals surface area contributed by atoms with Crippen LogP contribution in [0.3, 0.4) is 0 Å². The van der Waals surface area contributed by atoms with Crippen LogP contribution in [0.2, 0.25) is 0 Å². The molecular weight excluding hydrogens is 234 g/mol. The van der Waals surface area contributed by atoms with Crippen molar-refractivity contribution in [3.05, 3.63) is 10.6 Å². The number of nitrogens with zero attached hydrogens (tertiary/aromatic N) is 2. The van der Waals surface area contributed by atoms with Gasteiger partial charge >= 0.3 is 0 Å². The van der Waals surface area contributed by atoms with Crippen molar-refractivity contribution in [3.8, 4) is 0 Å². The molecule has 0 aliphatic heterocycles. The Morgan fingerprint density at radius 2 is 2.18 bits per heavy atom. The number of aromatic nitrogens is 3. The Balaban J connectivity index is 2.01. The van der Waals surface area contributed by atoms with Gasteiger partial charge in [-0.25, -0.2) is 0 Å². The van der Waals surface area contributed by atoms with Crippen LogP contribution in [-0.2, 0) is 17.7 Å². The lowest BCUT2D eigenvalue weighted by Crippen LogP contribution is -2.15. The summed E-state index contributed by atoms with van der Waals surface area (Å²) in [5.41, 5.74) is 0. The smallest absolute Gasteiger partial charge is 0.195 e. The zero-order valence-corrected chi connectivity index (χ0v) is 11.3. The molecule has 4 nitrogen and oxygen atoms in total. The van der Waals surface area contributed by atoms with Crippen molar-refractivity contribution in [2.75, 3.05) is 13.7 Å². The quantitative estimate of drug-likeness (QED) is 0.823. The zero-order valence-electron chi connectivity index (χ0n) is 10.4. The number of H-pyrrole nitrogens is 1. The summed E-state index contributed by atoms with van der Waals surface area (Å²) in [6.45, 7) is 1.49. The molecule has 5 heteroatoms. The summed E-state index contributed by atoms with van der Waals surface area (Å²) in [6.07, 6.45) is 7.86. The van der Waals surface area contributed by atoms with Gasteiger partial charge in [0.05, 0.1) is 6.61 Å². The summed E-state index contributed by atoms with van der Waals surface area (Å²) in [6, 6.07) is 0. The predicted molar refractivity (Wildman–Crippen MR) is 69.6 cm³/mol. The molecule has 1 aliphatic carbocycles. The summed E-state index contributed by atoms with van der Waals surface area (Å²) in [5.74, 6) is 1.88. The van der Waals surface area contributed by atoms with Gasteiger partial charge in [0.15, 0.2) is 4.77 Å². The highest BCUT2D eigenvalue weighted by atomic mass is 32.1. The minimum Gasteiger partial charge on any atom is -0.383 e. The molecule has 0 amide bonds. The molecule has 1 aromatic heterocycles.